The second-order valence-electron chi connectivity index (χ2n) is 26.0. The largest absolute Gasteiger partial charge is 0.135 e. The molecule has 18 aromatic carbocycles. The lowest BCUT2D eigenvalue weighted by Crippen LogP contribution is -1.91. The fourth-order valence-corrected chi connectivity index (χ4v) is 21.5. The average Bonchev–Trinajstić information content (AvgIpc) is 1.47. The molecular weight excluding hydrogens is 1230 g/mol. The predicted molar refractivity (Wildman–Crippen MR) is 425 cm³/mol. The normalized spacial score (nSPS) is 12.4. The lowest BCUT2D eigenvalue weighted by Gasteiger charge is -2.18. The molecule has 0 saturated carbocycles. The Bertz CT molecular complexity index is 7090. The van der Waals surface area contributed by atoms with E-state index < -0.39 is 0 Å². The smallest absolute Gasteiger partial charge is 0.0441 e. The van der Waals surface area contributed by atoms with E-state index in [1.807, 2.05) is 45.3 Å². The Morgan fingerprint density at radius 1 is 0.156 bits per heavy atom. The van der Waals surface area contributed by atoms with E-state index in [2.05, 4.69) is 303 Å². The van der Waals surface area contributed by atoms with E-state index in [1.165, 1.54) is 223 Å². The zero-order valence-electron chi connectivity index (χ0n) is 51.5. The van der Waals surface area contributed by atoms with E-state index in [0.29, 0.717) is 0 Å². The molecule has 0 atom stereocenters. The molecule has 0 aliphatic rings. The van der Waals surface area contributed by atoms with Gasteiger partial charge in [-0.2, -0.15) is 0 Å². The molecule has 0 radical (unpaired) electrons. The van der Waals surface area contributed by atoms with E-state index in [0.717, 1.165) is 0 Å². The summed E-state index contributed by atoms with van der Waals surface area (Å²) in [5.74, 6) is 0. The van der Waals surface area contributed by atoms with Crippen LogP contribution in [0.1, 0.15) is 0 Å². The molecule has 0 spiro atoms. The first-order chi connectivity index (χ1) is 47.6. The quantitative estimate of drug-likeness (QED) is 0.151. The number of benzene rings is 18. The maximum Gasteiger partial charge on any atom is 0.0441 e. The summed E-state index contributed by atoms with van der Waals surface area (Å²) in [6.45, 7) is 0. The standard InChI is InChI=1S/C92H50S4/c1-2-18-55-43-57(33-30-51(55)15-1)84-64-21-7-13-27-70(64)87(71-28-14-8-22-65(71)84)60-38-41-79-76(47-60)90-89-72-39-35-54-17-4-6-20-63(54)91(72)96-83(89)49-73(92(90)95-79)56-32-29-52-31-34-58(45-61(52)44-56)85-66-23-9-11-25-68(66)86(69-26-12-10-24-67(69)85)59-37-40-78-74(46-59)75-48-77-82(50-81(75)93-78)94-80-42-36-53-16-3-5-19-62(53)88(77)80/h1-50H. The van der Waals surface area contributed by atoms with Gasteiger partial charge in [0.25, 0.3) is 0 Å². The molecule has 0 nitrogen and oxygen atoms in total. The second kappa shape index (κ2) is 20.2. The highest BCUT2D eigenvalue weighted by atomic mass is 32.1. The number of fused-ring (bicyclic) bond motifs is 23. The molecule has 0 aliphatic carbocycles. The van der Waals surface area contributed by atoms with Crippen molar-refractivity contribution >= 4 is 212 Å². The zero-order chi connectivity index (χ0) is 62.4. The van der Waals surface area contributed by atoms with E-state index in [-0.39, 0.29) is 0 Å². The molecule has 4 heteroatoms. The Hall–Kier alpha value is -11.1. The van der Waals surface area contributed by atoms with Gasteiger partial charge in [0.15, 0.2) is 0 Å². The van der Waals surface area contributed by atoms with Crippen molar-refractivity contribution in [3.05, 3.63) is 303 Å². The van der Waals surface area contributed by atoms with Crippen molar-refractivity contribution in [2.45, 2.75) is 0 Å². The van der Waals surface area contributed by atoms with Gasteiger partial charge >= 0.3 is 0 Å². The van der Waals surface area contributed by atoms with Gasteiger partial charge in [-0.3, -0.25) is 0 Å². The maximum absolute atomic E-state index is 2.53. The van der Waals surface area contributed by atoms with E-state index >= 15 is 0 Å². The van der Waals surface area contributed by atoms with Gasteiger partial charge in [-0.25, -0.2) is 0 Å². The van der Waals surface area contributed by atoms with Crippen LogP contribution in [-0.4, -0.2) is 0 Å². The van der Waals surface area contributed by atoms with Crippen LogP contribution < -0.4 is 0 Å². The lowest BCUT2D eigenvalue weighted by molar-refractivity contribution is 1.68. The summed E-state index contributed by atoms with van der Waals surface area (Å²) in [4.78, 5) is 0. The summed E-state index contributed by atoms with van der Waals surface area (Å²) in [6, 6.07) is 116. The highest BCUT2D eigenvalue weighted by Gasteiger charge is 2.25. The first-order valence-electron chi connectivity index (χ1n) is 32.9. The molecule has 0 bridgehead atoms. The van der Waals surface area contributed by atoms with Gasteiger partial charge in [-0.05, 0) is 203 Å². The molecule has 0 unspecified atom stereocenters. The van der Waals surface area contributed by atoms with Crippen molar-refractivity contribution in [1.29, 1.82) is 0 Å². The SMILES string of the molecule is c1ccc2cc(-c3c4ccccc4c(-c4ccc5sc6c(-c7ccc8ccc(-c9c%10ccccc%10c(-c%10ccc%11sc%12cc%13sc%14ccc%15ccccc%15c%14c%13cc%12c%11c%10)c%10ccccc9%10)cc8c7)cc7sc8c9ccccc9ccc8c7c6c5c4)c4ccccc34)ccc2c1. The van der Waals surface area contributed by atoms with Crippen molar-refractivity contribution < 1.29 is 0 Å². The summed E-state index contributed by atoms with van der Waals surface area (Å²) in [6.07, 6.45) is 0. The average molecular weight is 1280 g/mol. The molecule has 4 heterocycles. The Morgan fingerprint density at radius 3 is 1.16 bits per heavy atom. The lowest BCUT2D eigenvalue weighted by atomic mass is 9.85. The molecule has 22 rings (SSSR count). The minimum atomic E-state index is 1.22. The summed E-state index contributed by atoms with van der Waals surface area (Å²) in [5, 5.41) is 30.9. The van der Waals surface area contributed by atoms with Gasteiger partial charge in [-0.1, -0.05) is 237 Å². The topological polar surface area (TPSA) is 0 Å². The third kappa shape index (κ3) is 7.69. The predicted octanol–water partition coefficient (Wildman–Crippen LogP) is 28.7. The molecular formula is C92H50S4. The Kier molecular flexibility index (Phi) is 11.2. The van der Waals surface area contributed by atoms with Gasteiger partial charge < -0.3 is 0 Å². The van der Waals surface area contributed by atoms with Crippen LogP contribution in [0.25, 0.3) is 223 Å². The zero-order valence-corrected chi connectivity index (χ0v) is 54.8. The summed E-state index contributed by atoms with van der Waals surface area (Å²) < 4.78 is 10.6. The maximum atomic E-state index is 2.53. The van der Waals surface area contributed by atoms with Gasteiger partial charge in [0.1, 0.15) is 0 Å². The number of rotatable bonds is 5. The minimum absolute atomic E-state index is 1.22. The van der Waals surface area contributed by atoms with Gasteiger partial charge in [-0.15, -0.1) is 45.3 Å². The molecule has 0 N–H and O–H groups in total. The molecule has 22 aromatic rings. The summed E-state index contributed by atoms with van der Waals surface area (Å²) >= 11 is 7.71. The van der Waals surface area contributed by atoms with E-state index in [9.17, 15) is 0 Å². The highest BCUT2D eigenvalue weighted by molar-refractivity contribution is 7.29. The molecule has 0 amide bonds. The Balaban J connectivity index is 0.723. The second-order valence-corrected chi connectivity index (χ2v) is 30.3. The van der Waals surface area contributed by atoms with Crippen molar-refractivity contribution in [3.8, 4) is 55.6 Å². The third-order valence-corrected chi connectivity index (χ3v) is 25.6. The Labute approximate surface area is 566 Å². The van der Waals surface area contributed by atoms with E-state index in [1.54, 1.807) is 0 Å². The fraction of sp³-hybridized carbons (Fsp3) is 0. The molecule has 442 valence electrons. The van der Waals surface area contributed by atoms with Crippen LogP contribution in [0.4, 0.5) is 0 Å². The van der Waals surface area contributed by atoms with Crippen LogP contribution >= 0.6 is 45.3 Å². The molecule has 4 aromatic heterocycles. The monoisotopic (exact) mass is 1280 g/mol. The van der Waals surface area contributed by atoms with Crippen molar-refractivity contribution in [2.24, 2.45) is 0 Å². The minimum Gasteiger partial charge on any atom is -0.135 e. The summed E-state index contributed by atoms with van der Waals surface area (Å²) in [7, 11) is 0. The van der Waals surface area contributed by atoms with Crippen LogP contribution in [0.5, 0.6) is 0 Å². The molecule has 0 fully saturated rings. The van der Waals surface area contributed by atoms with Crippen LogP contribution in [0, 0.1) is 0 Å². The van der Waals surface area contributed by atoms with Crippen LogP contribution in [0.15, 0.2) is 303 Å². The number of hydrogen-bond donors (Lipinski definition) is 0. The first kappa shape index (κ1) is 53.3. The third-order valence-electron chi connectivity index (χ3n) is 20.9. The molecule has 0 aliphatic heterocycles. The van der Waals surface area contributed by atoms with Crippen LogP contribution in [0.2, 0.25) is 0 Å². The van der Waals surface area contributed by atoms with Crippen molar-refractivity contribution in [1.82, 2.24) is 0 Å². The fourth-order valence-electron chi connectivity index (χ4n) is 16.7. The van der Waals surface area contributed by atoms with Crippen LogP contribution in [0.3, 0.4) is 0 Å². The number of thiophene rings is 4. The van der Waals surface area contributed by atoms with Crippen molar-refractivity contribution in [2.75, 3.05) is 0 Å². The van der Waals surface area contributed by atoms with Crippen LogP contribution in [-0.2, 0) is 0 Å². The number of hydrogen-bond acceptors (Lipinski definition) is 4. The van der Waals surface area contributed by atoms with Crippen molar-refractivity contribution in [3.63, 3.8) is 0 Å². The van der Waals surface area contributed by atoms with Gasteiger partial charge in [0.05, 0.1) is 0 Å². The Morgan fingerprint density at radius 2 is 0.542 bits per heavy atom. The van der Waals surface area contributed by atoms with E-state index in [4.69, 9.17) is 0 Å². The molecule has 96 heavy (non-hydrogen) atoms. The van der Waals surface area contributed by atoms with Gasteiger partial charge in [0.2, 0.25) is 0 Å². The molecule has 0 saturated heterocycles. The summed E-state index contributed by atoms with van der Waals surface area (Å²) in [5.41, 5.74) is 12.5. The first-order valence-corrected chi connectivity index (χ1v) is 36.2. The van der Waals surface area contributed by atoms with Gasteiger partial charge in [0, 0.05) is 86.3 Å². The highest BCUT2D eigenvalue weighted by Crippen LogP contribution is 2.54.